The molecule has 36 heavy (non-hydrogen) atoms. The van der Waals surface area contributed by atoms with Crippen molar-refractivity contribution in [3.63, 3.8) is 0 Å². The van der Waals surface area contributed by atoms with E-state index in [9.17, 15) is 10.1 Å². The summed E-state index contributed by atoms with van der Waals surface area (Å²) in [6, 6.07) is 13.4. The van der Waals surface area contributed by atoms with Crippen LogP contribution >= 0.6 is 0 Å². The first kappa shape index (κ1) is 22.3. The Hall–Kier alpha value is -4.22. The summed E-state index contributed by atoms with van der Waals surface area (Å²) >= 11 is 0. The molecule has 5 heterocycles. The minimum Gasteiger partial charge on any atom is -0.496 e. The zero-order chi connectivity index (χ0) is 24.8. The largest absolute Gasteiger partial charge is 0.496 e. The molecule has 2 aliphatic heterocycles. The summed E-state index contributed by atoms with van der Waals surface area (Å²) in [5.74, 6) is 2.02. The van der Waals surface area contributed by atoms with E-state index in [0.29, 0.717) is 51.3 Å². The van der Waals surface area contributed by atoms with Gasteiger partial charge in [-0.05, 0) is 42.0 Å². The van der Waals surface area contributed by atoms with Gasteiger partial charge in [-0.2, -0.15) is 5.26 Å². The second-order valence-corrected chi connectivity index (χ2v) is 9.48. The maximum absolute atomic E-state index is 13.1. The lowest BCUT2D eigenvalue weighted by molar-refractivity contribution is 0.0775. The third-order valence-electron chi connectivity index (χ3n) is 7.33. The molecule has 6 rings (SSSR count). The van der Waals surface area contributed by atoms with Gasteiger partial charge in [0.2, 0.25) is 0 Å². The Bertz CT molecular complexity index is 1520. The maximum atomic E-state index is 13.1. The normalized spacial score (nSPS) is 18.9. The van der Waals surface area contributed by atoms with Crippen LogP contribution in [0.3, 0.4) is 0 Å². The van der Waals surface area contributed by atoms with E-state index in [1.807, 2.05) is 42.2 Å². The number of carbonyl (C=O) groups excluding carboxylic acids is 1. The maximum Gasteiger partial charge on any atom is 0.272 e. The Balaban J connectivity index is 1.35. The molecule has 0 saturated carbocycles. The zero-order valence-electron chi connectivity index (χ0n) is 20.1. The van der Waals surface area contributed by atoms with Crippen LogP contribution in [0.25, 0.3) is 33.6 Å². The van der Waals surface area contributed by atoms with Crippen LogP contribution in [-0.2, 0) is 0 Å². The first-order chi connectivity index (χ1) is 17.6. The first-order valence-electron chi connectivity index (χ1n) is 12.0. The molecule has 180 valence electrons. The van der Waals surface area contributed by atoms with E-state index in [4.69, 9.17) is 9.15 Å². The van der Waals surface area contributed by atoms with Crippen molar-refractivity contribution in [2.75, 3.05) is 33.3 Å². The number of likely N-dealkylation sites (tertiary alicyclic amines) is 1. The molecule has 2 saturated heterocycles. The number of hydrogen-bond donors (Lipinski definition) is 1. The number of hydrogen-bond acceptors (Lipinski definition) is 7. The lowest BCUT2D eigenvalue weighted by Gasteiger charge is -2.17. The Morgan fingerprint density at radius 1 is 1.14 bits per heavy atom. The van der Waals surface area contributed by atoms with E-state index in [1.54, 1.807) is 25.6 Å². The summed E-state index contributed by atoms with van der Waals surface area (Å²) in [4.78, 5) is 24.0. The molecule has 0 aliphatic carbocycles. The molecular formula is C28H25N5O3. The van der Waals surface area contributed by atoms with Crippen molar-refractivity contribution < 1.29 is 13.9 Å². The monoisotopic (exact) mass is 479 g/mol. The van der Waals surface area contributed by atoms with Crippen LogP contribution in [0.4, 0.5) is 0 Å². The third kappa shape index (κ3) is 3.69. The molecule has 2 aliphatic rings. The average Bonchev–Trinajstić information content (AvgIpc) is 3.63. The van der Waals surface area contributed by atoms with Crippen molar-refractivity contribution >= 4 is 17.0 Å². The number of methoxy groups -OCH3 is 1. The predicted molar refractivity (Wildman–Crippen MR) is 134 cm³/mol. The minimum absolute atomic E-state index is 0.0736. The Morgan fingerprint density at radius 3 is 2.69 bits per heavy atom. The fraction of sp³-hybridized carbons (Fsp3) is 0.286. The van der Waals surface area contributed by atoms with Crippen molar-refractivity contribution in [3.05, 3.63) is 65.6 Å². The van der Waals surface area contributed by atoms with Crippen LogP contribution in [0, 0.1) is 30.1 Å². The summed E-state index contributed by atoms with van der Waals surface area (Å²) in [5.41, 5.74) is 5.56. The van der Waals surface area contributed by atoms with Gasteiger partial charge in [0.05, 0.1) is 24.3 Å². The van der Waals surface area contributed by atoms with Crippen LogP contribution in [-0.4, -0.2) is 54.1 Å². The standard InChI is InChI=1S/C28H25N5O3/c1-16-3-4-17(7-18(16)10-29)21-5-6-31-23-8-26(36-27(21)23)22-13-32-24(9-25(22)35-2)28(34)33-14-19-11-30-12-20(19)15-33/h3-9,13,19-20,30H,11-12,14-15H2,1-2H3. The van der Waals surface area contributed by atoms with Crippen molar-refractivity contribution in [1.82, 2.24) is 20.2 Å². The van der Waals surface area contributed by atoms with Gasteiger partial charge in [-0.15, -0.1) is 0 Å². The molecule has 2 fully saturated rings. The summed E-state index contributed by atoms with van der Waals surface area (Å²) in [5, 5.41) is 12.8. The second kappa shape index (κ2) is 8.77. The number of benzene rings is 1. The highest BCUT2D eigenvalue weighted by Crippen LogP contribution is 2.38. The molecule has 1 aromatic carbocycles. The van der Waals surface area contributed by atoms with E-state index < -0.39 is 0 Å². The van der Waals surface area contributed by atoms with Gasteiger partial charge in [0, 0.05) is 56.3 Å². The smallest absolute Gasteiger partial charge is 0.272 e. The lowest BCUT2D eigenvalue weighted by atomic mass is 10.0. The number of carbonyl (C=O) groups is 1. The van der Waals surface area contributed by atoms with E-state index >= 15 is 0 Å². The Morgan fingerprint density at radius 2 is 1.94 bits per heavy atom. The van der Waals surface area contributed by atoms with Gasteiger partial charge in [0.1, 0.15) is 22.7 Å². The van der Waals surface area contributed by atoms with Crippen molar-refractivity contribution in [3.8, 4) is 34.3 Å². The first-order valence-corrected chi connectivity index (χ1v) is 12.0. The summed E-state index contributed by atoms with van der Waals surface area (Å²) in [6.07, 6.45) is 3.35. The molecule has 2 unspecified atom stereocenters. The Kier molecular flexibility index (Phi) is 5.42. The highest BCUT2D eigenvalue weighted by Gasteiger charge is 2.38. The average molecular weight is 480 g/mol. The van der Waals surface area contributed by atoms with Gasteiger partial charge in [0.25, 0.3) is 5.91 Å². The van der Waals surface area contributed by atoms with Gasteiger partial charge in [-0.1, -0.05) is 12.1 Å². The lowest BCUT2D eigenvalue weighted by Crippen LogP contribution is -2.32. The van der Waals surface area contributed by atoms with Crippen LogP contribution in [0.2, 0.25) is 0 Å². The topological polar surface area (TPSA) is 104 Å². The number of rotatable bonds is 4. The molecule has 1 N–H and O–H groups in total. The zero-order valence-corrected chi connectivity index (χ0v) is 20.1. The molecule has 0 spiro atoms. The molecule has 1 amide bonds. The van der Waals surface area contributed by atoms with Crippen LogP contribution in [0.1, 0.15) is 21.6 Å². The number of nitriles is 1. The molecular weight excluding hydrogens is 454 g/mol. The Labute approximate surface area is 208 Å². The fourth-order valence-electron chi connectivity index (χ4n) is 5.30. The van der Waals surface area contributed by atoms with Gasteiger partial charge in [0.15, 0.2) is 5.58 Å². The SMILES string of the molecule is COc1cc(C(=O)N2CC3CNCC3C2)ncc1-c1cc2nccc(-c3ccc(C)c(C#N)c3)c2o1. The molecule has 2 atom stereocenters. The van der Waals surface area contributed by atoms with Crippen LogP contribution in [0.15, 0.2) is 53.2 Å². The summed E-state index contributed by atoms with van der Waals surface area (Å²) in [7, 11) is 1.57. The highest BCUT2D eigenvalue weighted by molar-refractivity contribution is 5.95. The van der Waals surface area contributed by atoms with E-state index in [0.717, 1.165) is 42.9 Å². The number of furan rings is 1. The van der Waals surface area contributed by atoms with Crippen molar-refractivity contribution in [2.45, 2.75) is 6.92 Å². The molecule has 8 nitrogen and oxygen atoms in total. The van der Waals surface area contributed by atoms with Gasteiger partial charge in [-0.25, -0.2) is 0 Å². The van der Waals surface area contributed by atoms with Gasteiger partial charge >= 0.3 is 0 Å². The number of aromatic nitrogens is 2. The number of pyridine rings is 2. The fourth-order valence-corrected chi connectivity index (χ4v) is 5.30. The molecule has 3 aromatic heterocycles. The number of ether oxygens (including phenoxy) is 1. The molecule has 0 radical (unpaired) electrons. The quantitative estimate of drug-likeness (QED) is 0.471. The molecule has 4 aromatic rings. The third-order valence-corrected chi connectivity index (χ3v) is 7.33. The van der Waals surface area contributed by atoms with Crippen LogP contribution < -0.4 is 10.1 Å². The number of nitrogens with one attached hydrogen (secondary N) is 1. The predicted octanol–water partition coefficient (Wildman–Crippen LogP) is 4.04. The van der Waals surface area contributed by atoms with Crippen LogP contribution in [0.5, 0.6) is 5.75 Å². The van der Waals surface area contributed by atoms with Gasteiger partial charge < -0.3 is 19.4 Å². The van der Waals surface area contributed by atoms with E-state index in [2.05, 4.69) is 21.4 Å². The number of aryl methyl sites for hydroxylation is 1. The highest BCUT2D eigenvalue weighted by atomic mass is 16.5. The molecule has 0 bridgehead atoms. The summed E-state index contributed by atoms with van der Waals surface area (Å²) in [6.45, 7) is 5.36. The summed E-state index contributed by atoms with van der Waals surface area (Å²) < 4.78 is 11.9. The van der Waals surface area contributed by atoms with Crippen molar-refractivity contribution in [1.29, 1.82) is 5.26 Å². The van der Waals surface area contributed by atoms with E-state index in [-0.39, 0.29) is 5.91 Å². The second-order valence-electron chi connectivity index (χ2n) is 9.48. The number of amides is 1. The number of fused-ring (bicyclic) bond motifs is 2. The number of nitrogens with zero attached hydrogens (tertiary/aromatic N) is 4. The van der Waals surface area contributed by atoms with Gasteiger partial charge in [-0.3, -0.25) is 14.8 Å². The van der Waals surface area contributed by atoms with Crippen molar-refractivity contribution in [2.24, 2.45) is 11.8 Å². The van der Waals surface area contributed by atoms with E-state index in [1.165, 1.54) is 0 Å². The minimum atomic E-state index is -0.0736. The molecule has 8 heteroatoms.